The van der Waals surface area contributed by atoms with Crippen molar-refractivity contribution in [3.63, 3.8) is 0 Å². The fraction of sp³-hybridized carbons (Fsp3) is 0.417. The van der Waals surface area contributed by atoms with Crippen molar-refractivity contribution in [1.82, 2.24) is 15.2 Å². The van der Waals surface area contributed by atoms with Crippen LogP contribution in [0.25, 0.3) is 0 Å². The van der Waals surface area contributed by atoms with Gasteiger partial charge < -0.3 is 10.2 Å². The number of aromatic nitrogens is 1. The molecule has 1 aromatic rings. The zero-order chi connectivity index (χ0) is 13.5. The van der Waals surface area contributed by atoms with E-state index in [0.29, 0.717) is 16.7 Å². The molecule has 6 heteroatoms. The first-order valence-electron chi connectivity index (χ1n) is 5.70. The van der Waals surface area contributed by atoms with Crippen LogP contribution in [0.3, 0.4) is 0 Å². The van der Waals surface area contributed by atoms with E-state index >= 15 is 0 Å². The molecule has 0 fully saturated rings. The fourth-order valence-electron chi connectivity index (χ4n) is 1.46. The van der Waals surface area contributed by atoms with E-state index in [9.17, 15) is 9.59 Å². The van der Waals surface area contributed by atoms with Crippen LogP contribution in [0.5, 0.6) is 0 Å². The number of hydrogen-bond acceptors (Lipinski definition) is 3. The number of nitrogens with one attached hydrogen (secondary N) is 1. The molecule has 0 aliphatic carbocycles. The normalized spacial score (nSPS) is 9.94. The van der Waals surface area contributed by atoms with E-state index < -0.39 is 0 Å². The van der Waals surface area contributed by atoms with Gasteiger partial charge in [0.05, 0.1) is 12.1 Å². The number of carbonyl (C=O) groups excluding carboxylic acids is 2. The number of rotatable bonds is 5. The molecule has 0 unspecified atom stereocenters. The van der Waals surface area contributed by atoms with E-state index in [-0.39, 0.29) is 18.4 Å². The minimum absolute atomic E-state index is 0.0687. The molecule has 2 amide bonds. The van der Waals surface area contributed by atoms with Crippen molar-refractivity contribution in [2.75, 3.05) is 20.1 Å². The zero-order valence-corrected chi connectivity index (χ0v) is 12.0. The molecule has 0 saturated heterocycles. The second-order valence-corrected chi connectivity index (χ2v) is 4.58. The van der Waals surface area contributed by atoms with Crippen molar-refractivity contribution < 1.29 is 9.59 Å². The first kappa shape index (κ1) is 14.6. The lowest BCUT2D eigenvalue weighted by Crippen LogP contribution is -2.40. The van der Waals surface area contributed by atoms with Crippen LogP contribution < -0.4 is 5.32 Å². The summed E-state index contributed by atoms with van der Waals surface area (Å²) in [5.41, 5.74) is 0.482. The summed E-state index contributed by atoms with van der Waals surface area (Å²) >= 11 is 3.21. The minimum atomic E-state index is -0.180. The quantitative estimate of drug-likeness (QED) is 0.837. The fourth-order valence-corrected chi connectivity index (χ4v) is 1.69. The highest BCUT2D eigenvalue weighted by molar-refractivity contribution is 9.10. The molecule has 0 atom stereocenters. The summed E-state index contributed by atoms with van der Waals surface area (Å²) in [6.45, 7) is 2.57. The molecule has 0 spiro atoms. The zero-order valence-electron chi connectivity index (χ0n) is 10.4. The molecular weight excluding hydrogens is 298 g/mol. The molecule has 98 valence electrons. The highest BCUT2D eigenvalue weighted by Crippen LogP contribution is 2.09. The van der Waals surface area contributed by atoms with Crippen LogP contribution in [0.1, 0.15) is 23.7 Å². The predicted octanol–water partition coefficient (Wildman–Crippen LogP) is 1.44. The van der Waals surface area contributed by atoms with Gasteiger partial charge in [-0.15, -0.1) is 0 Å². The molecule has 0 saturated carbocycles. The molecule has 1 rings (SSSR count). The smallest absolute Gasteiger partial charge is 0.255 e. The maximum absolute atomic E-state index is 12.2. The van der Waals surface area contributed by atoms with Gasteiger partial charge in [0, 0.05) is 19.8 Å². The Bertz CT molecular complexity index is 420. The lowest BCUT2D eigenvalue weighted by atomic mass is 10.2. The summed E-state index contributed by atoms with van der Waals surface area (Å²) in [5.74, 6) is -0.359. The maximum Gasteiger partial charge on any atom is 0.255 e. The average Bonchev–Trinajstić information content (AvgIpc) is 2.38. The van der Waals surface area contributed by atoms with E-state index in [1.165, 1.54) is 11.1 Å². The van der Waals surface area contributed by atoms with Gasteiger partial charge in [-0.3, -0.25) is 9.59 Å². The first-order valence-corrected chi connectivity index (χ1v) is 6.49. The molecule has 0 aliphatic heterocycles. The van der Waals surface area contributed by atoms with Crippen molar-refractivity contribution in [3.05, 3.63) is 28.5 Å². The highest BCUT2D eigenvalue weighted by Gasteiger charge is 2.17. The number of amides is 2. The van der Waals surface area contributed by atoms with E-state index in [0.717, 1.165) is 6.42 Å². The summed E-state index contributed by atoms with van der Waals surface area (Å²) in [6, 6.07) is 3.39. The Balaban J connectivity index is 2.81. The Labute approximate surface area is 115 Å². The molecule has 0 aromatic carbocycles. The van der Waals surface area contributed by atoms with Crippen molar-refractivity contribution in [2.24, 2.45) is 0 Å². The second kappa shape index (κ2) is 7.10. The molecule has 0 radical (unpaired) electrons. The molecule has 1 heterocycles. The lowest BCUT2D eigenvalue weighted by Gasteiger charge is -2.21. The number of hydrogen-bond donors (Lipinski definition) is 1. The third-order valence-electron chi connectivity index (χ3n) is 2.37. The molecule has 1 N–H and O–H groups in total. The van der Waals surface area contributed by atoms with Gasteiger partial charge >= 0.3 is 0 Å². The van der Waals surface area contributed by atoms with Crippen LogP contribution in [0, 0.1) is 0 Å². The molecule has 0 aliphatic rings. The number of halogens is 1. The maximum atomic E-state index is 12.2. The van der Waals surface area contributed by atoms with Gasteiger partial charge in [0.25, 0.3) is 5.91 Å². The Kier molecular flexibility index (Phi) is 5.77. The van der Waals surface area contributed by atoms with Gasteiger partial charge in [-0.2, -0.15) is 0 Å². The number of nitrogens with zero attached hydrogens (tertiary/aromatic N) is 2. The van der Waals surface area contributed by atoms with Gasteiger partial charge in [0.15, 0.2) is 0 Å². The largest absolute Gasteiger partial charge is 0.358 e. The van der Waals surface area contributed by atoms with Crippen molar-refractivity contribution in [3.8, 4) is 0 Å². The van der Waals surface area contributed by atoms with Gasteiger partial charge in [0.2, 0.25) is 5.91 Å². The van der Waals surface area contributed by atoms with Crippen LogP contribution in [0.15, 0.2) is 22.9 Å². The average molecular weight is 314 g/mol. The summed E-state index contributed by atoms with van der Waals surface area (Å²) in [4.78, 5) is 29.1. The Morgan fingerprint density at radius 3 is 2.67 bits per heavy atom. The molecule has 0 bridgehead atoms. The summed E-state index contributed by atoms with van der Waals surface area (Å²) in [5, 5.41) is 2.51. The van der Waals surface area contributed by atoms with Gasteiger partial charge in [-0.05, 0) is 34.5 Å². The highest BCUT2D eigenvalue weighted by atomic mass is 79.9. The number of likely N-dealkylation sites (N-methyl/N-ethyl adjacent to an activating group) is 1. The first-order chi connectivity index (χ1) is 8.58. The van der Waals surface area contributed by atoms with E-state index in [1.54, 1.807) is 19.2 Å². The van der Waals surface area contributed by atoms with Gasteiger partial charge in [-0.25, -0.2) is 4.98 Å². The molecular formula is C12H16BrN3O2. The van der Waals surface area contributed by atoms with Crippen LogP contribution in [0.2, 0.25) is 0 Å². The lowest BCUT2D eigenvalue weighted by molar-refractivity contribution is -0.121. The van der Waals surface area contributed by atoms with Crippen LogP contribution >= 0.6 is 15.9 Å². The predicted molar refractivity (Wildman–Crippen MR) is 72.2 cm³/mol. The second-order valence-electron chi connectivity index (χ2n) is 3.77. The monoisotopic (exact) mass is 313 g/mol. The summed E-state index contributed by atoms with van der Waals surface area (Å²) in [7, 11) is 1.55. The standard InChI is InChI=1S/C12H16BrN3O2/c1-3-6-16(8-11(17)14-2)12(18)9-4-5-10(13)15-7-9/h4-5,7H,3,6,8H2,1-2H3,(H,14,17). The Hall–Kier alpha value is -1.43. The Morgan fingerprint density at radius 2 is 2.17 bits per heavy atom. The van der Waals surface area contributed by atoms with Crippen molar-refractivity contribution >= 4 is 27.7 Å². The van der Waals surface area contributed by atoms with Gasteiger partial charge in [0.1, 0.15) is 4.60 Å². The molecule has 5 nitrogen and oxygen atoms in total. The van der Waals surface area contributed by atoms with Crippen molar-refractivity contribution in [1.29, 1.82) is 0 Å². The Morgan fingerprint density at radius 1 is 1.44 bits per heavy atom. The third-order valence-corrected chi connectivity index (χ3v) is 2.84. The van der Waals surface area contributed by atoms with Gasteiger partial charge in [-0.1, -0.05) is 6.92 Å². The van der Waals surface area contributed by atoms with Crippen LogP contribution in [0.4, 0.5) is 0 Å². The van der Waals surface area contributed by atoms with Crippen LogP contribution in [-0.2, 0) is 4.79 Å². The van der Waals surface area contributed by atoms with E-state index in [4.69, 9.17) is 0 Å². The topological polar surface area (TPSA) is 62.3 Å². The van der Waals surface area contributed by atoms with Crippen LogP contribution in [-0.4, -0.2) is 41.8 Å². The molecule has 1 aromatic heterocycles. The third kappa shape index (κ3) is 4.10. The number of pyridine rings is 1. The summed E-state index contributed by atoms with van der Waals surface area (Å²) in [6.07, 6.45) is 2.30. The summed E-state index contributed by atoms with van der Waals surface area (Å²) < 4.78 is 0.674. The SMILES string of the molecule is CCCN(CC(=O)NC)C(=O)c1ccc(Br)nc1. The minimum Gasteiger partial charge on any atom is -0.358 e. The number of carbonyl (C=O) groups is 2. The van der Waals surface area contributed by atoms with Crippen molar-refractivity contribution in [2.45, 2.75) is 13.3 Å². The molecule has 18 heavy (non-hydrogen) atoms. The van der Waals surface area contributed by atoms with E-state index in [2.05, 4.69) is 26.2 Å². The van der Waals surface area contributed by atoms with E-state index in [1.807, 2.05) is 6.92 Å².